The Hall–Kier alpha value is -2.13. The van der Waals surface area contributed by atoms with Crippen LogP contribution in [0.15, 0.2) is 54.7 Å². The Morgan fingerprint density at radius 3 is 2.76 bits per heavy atom. The SMILES string of the molecule is CCCn1nccc1C(N)Cc1cccc2ccccc12. The van der Waals surface area contributed by atoms with E-state index in [1.54, 1.807) is 0 Å². The van der Waals surface area contributed by atoms with Crippen molar-refractivity contribution in [2.45, 2.75) is 32.4 Å². The van der Waals surface area contributed by atoms with Crippen molar-refractivity contribution in [1.82, 2.24) is 9.78 Å². The first-order valence-corrected chi connectivity index (χ1v) is 7.53. The van der Waals surface area contributed by atoms with Crippen LogP contribution in [0.1, 0.15) is 30.6 Å². The molecule has 0 amide bonds. The van der Waals surface area contributed by atoms with Gasteiger partial charge in [0.15, 0.2) is 0 Å². The predicted octanol–water partition coefficient (Wildman–Crippen LogP) is 3.69. The Bertz CT molecular complexity index is 725. The van der Waals surface area contributed by atoms with Crippen LogP contribution in [0, 0.1) is 0 Å². The average Bonchev–Trinajstić information content (AvgIpc) is 2.96. The molecule has 0 bridgehead atoms. The number of nitrogens with two attached hydrogens (primary N) is 1. The molecular formula is C18H21N3. The minimum absolute atomic E-state index is 0.0233. The van der Waals surface area contributed by atoms with E-state index >= 15 is 0 Å². The summed E-state index contributed by atoms with van der Waals surface area (Å²) in [6.07, 6.45) is 3.74. The van der Waals surface area contributed by atoms with E-state index in [2.05, 4.69) is 54.5 Å². The third kappa shape index (κ3) is 2.83. The number of aryl methyl sites for hydroxylation is 1. The molecule has 2 N–H and O–H groups in total. The average molecular weight is 279 g/mol. The van der Waals surface area contributed by atoms with E-state index in [9.17, 15) is 0 Å². The highest BCUT2D eigenvalue weighted by molar-refractivity contribution is 5.85. The number of aromatic nitrogens is 2. The Morgan fingerprint density at radius 2 is 1.90 bits per heavy atom. The van der Waals surface area contributed by atoms with Gasteiger partial charge in [0, 0.05) is 12.7 Å². The van der Waals surface area contributed by atoms with Gasteiger partial charge in [0.05, 0.1) is 11.7 Å². The topological polar surface area (TPSA) is 43.8 Å². The molecule has 3 nitrogen and oxygen atoms in total. The second-order valence-corrected chi connectivity index (χ2v) is 5.43. The number of hydrogen-bond acceptors (Lipinski definition) is 2. The second-order valence-electron chi connectivity index (χ2n) is 5.43. The summed E-state index contributed by atoms with van der Waals surface area (Å²) in [5, 5.41) is 6.92. The van der Waals surface area contributed by atoms with E-state index in [4.69, 9.17) is 5.73 Å². The summed E-state index contributed by atoms with van der Waals surface area (Å²) in [6.45, 7) is 3.08. The quantitative estimate of drug-likeness (QED) is 0.774. The molecule has 0 aliphatic carbocycles. The summed E-state index contributed by atoms with van der Waals surface area (Å²) in [7, 11) is 0. The molecule has 3 aromatic rings. The highest BCUT2D eigenvalue weighted by Crippen LogP contribution is 2.23. The van der Waals surface area contributed by atoms with Crippen LogP contribution in [0.25, 0.3) is 10.8 Å². The van der Waals surface area contributed by atoms with Gasteiger partial charge in [0.1, 0.15) is 0 Å². The van der Waals surface area contributed by atoms with Gasteiger partial charge in [-0.3, -0.25) is 4.68 Å². The van der Waals surface area contributed by atoms with Gasteiger partial charge in [-0.25, -0.2) is 0 Å². The summed E-state index contributed by atoms with van der Waals surface area (Å²) in [5.74, 6) is 0. The molecule has 1 heterocycles. The van der Waals surface area contributed by atoms with Gasteiger partial charge in [-0.2, -0.15) is 5.10 Å². The zero-order valence-corrected chi connectivity index (χ0v) is 12.4. The molecule has 3 heteroatoms. The first-order valence-electron chi connectivity index (χ1n) is 7.53. The number of benzene rings is 2. The number of nitrogens with zero attached hydrogens (tertiary/aromatic N) is 2. The van der Waals surface area contributed by atoms with Gasteiger partial charge >= 0.3 is 0 Å². The van der Waals surface area contributed by atoms with Crippen LogP contribution in [-0.4, -0.2) is 9.78 Å². The lowest BCUT2D eigenvalue weighted by molar-refractivity contribution is 0.538. The normalized spacial score (nSPS) is 12.7. The molecule has 108 valence electrons. The Morgan fingerprint density at radius 1 is 1.10 bits per heavy atom. The molecule has 0 saturated carbocycles. The maximum atomic E-state index is 6.43. The van der Waals surface area contributed by atoms with E-state index in [-0.39, 0.29) is 6.04 Å². The summed E-state index contributed by atoms with van der Waals surface area (Å²) in [6, 6.07) is 16.9. The van der Waals surface area contributed by atoms with Crippen LogP contribution < -0.4 is 5.73 Å². The van der Waals surface area contributed by atoms with Crippen LogP contribution >= 0.6 is 0 Å². The Kier molecular flexibility index (Phi) is 4.02. The van der Waals surface area contributed by atoms with Crippen molar-refractivity contribution in [2.24, 2.45) is 5.73 Å². The van der Waals surface area contributed by atoms with Crippen LogP contribution in [0.3, 0.4) is 0 Å². The maximum absolute atomic E-state index is 6.43. The first kappa shape index (κ1) is 13.8. The number of hydrogen-bond donors (Lipinski definition) is 1. The first-order chi connectivity index (χ1) is 10.3. The maximum Gasteiger partial charge on any atom is 0.0554 e. The molecule has 0 saturated heterocycles. The van der Waals surface area contributed by atoms with Crippen molar-refractivity contribution in [1.29, 1.82) is 0 Å². The summed E-state index contributed by atoms with van der Waals surface area (Å²) >= 11 is 0. The van der Waals surface area contributed by atoms with Crippen molar-refractivity contribution >= 4 is 10.8 Å². The van der Waals surface area contributed by atoms with Crippen molar-refractivity contribution < 1.29 is 0 Å². The number of rotatable bonds is 5. The zero-order valence-electron chi connectivity index (χ0n) is 12.4. The fourth-order valence-electron chi connectivity index (χ4n) is 2.87. The van der Waals surface area contributed by atoms with Crippen LogP contribution in [0.2, 0.25) is 0 Å². The molecule has 21 heavy (non-hydrogen) atoms. The van der Waals surface area contributed by atoms with Crippen molar-refractivity contribution in [3.8, 4) is 0 Å². The Balaban J connectivity index is 1.89. The highest BCUT2D eigenvalue weighted by atomic mass is 15.3. The fourth-order valence-corrected chi connectivity index (χ4v) is 2.87. The zero-order chi connectivity index (χ0) is 14.7. The molecule has 0 radical (unpaired) electrons. The molecular weight excluding hydrogens is 258 g/mol. The van der Waals surface area contributed by atoms with Crippen molar-refractivity contribution in [2.75, 3.05) is 0 Å². The molecule has 0 fully saturated rings. The highest BCUT2D eigenvalue weighted by Gasteiger charge is 2.13. The monoisotopic (exact) mass is 279 g/mol. The standard InChI is InChI=1S/C18H21N3/c1-2-12-21-18(10-11-20-21)17(19)13-15-8-5-7-14-6-3-4-9-16(14)15/h3-11,17H,2,12-13,19H2,1H3. The third-order valence-corrected chi connectivity index (χ3v) is 3.88. The van der Waals surface area contributed by atoms with Gasteiger partial charge < -0.3 is 5.73 Å². The van der Waals surface area contributed by atoms with Crippen LogP contribution in [0.4, 0.5) is 0 Å². The lowest BCUT2D eigenvalue weighted by Crippen LogP contribution is -2.18. The second kappa shape index (κ2) is 6.10. The molecule has 1 atom stereocenters. The van der Waals surface area contributed by atoms with Crippen molar-refractivity contribution in [3.63, 3.8) is 0 Å². The van der Waals surface area contributed by atoms with Crippen LogP contribution in [-0.2, 0) is 13.0 Å². The molecule has 0 aliphatic rings. The summed E-state index contributed by atoms with van der Waals surface area (Å²) in [4.78, 5) is 0. The van der Waals surface area contributed by atoms with Gasteiger partial charge in [-0.15, -0.1) is 0 Å². The fraction of sp³-hybridized carbons (Fsp3) is 0.278. The van der Waals surface area contributed by atoms with Gasteiger partial charge in [0.25, 0.3) is 0 Å². The van der Waals surface area contributed by atoms with Gasteiger partial charge in [0.2, 0.25) is 0 Å². The van der Waals surface area contributed by atoms with E-state index < -0.39 is 0 Å². The molecule has 0 aliphatic heterocycles. The van der Waals surface area contributed by atoms with E-state index in [1.807, 2.05) is 16.9 Å². The lowest BCUT2D eigenvalue weighted by Gasteiger charge is -2.15. The molecule has 1 unspecified atom stereocenters. The summed E-state index contributed by atoms with van der Waals surface area (Å²) in [5.41, 5.74) is 8.84. The summed E-state index contributed by atoms with van der Waals surface area (Å²) < 4.78 is 2.02. The smallest absolute Gasteiger partial charge is 0.0554 e. The minimum Gasteiger partial charge on any atom is -0.322 e. The minimum atomic E-state index is -0.0233. The molecule has 3 rings (SSSR count). The number of fused-ring (bicyclic) bond motifs is 1. The largest absolute Gasteiger partial charge is 0.322 e. The van der Waals surface area contributed by atoms with E-state index in [0.717, 1.165) is 25.1 Å². The molecule has 1 aromatic heterocycles. The Labute approximate surface area is 125 Å². The predicted molar refractivity (Wildman–Crippen MR) is 87.1 cm³/mol. The van der Waals surface area contributed by atoms with Crippen molar-refractivity contribution in [3.05, 3.63) is 66.0 Å². The molecule has 0 spiro atoms. The molecule has 2 aromatic carbocycles. The van der Waals surface area contributed by atoms with E-state index in [1.165, 1.54) is 16.3 Å². The van der Waals surface area contributed by atoms with Gasteiger partial charge in [-0.05, 0) is 35.2 Å². The third-order valence-electron chi connectivity index (χ3n) is 3.88. The van der Waals surface area contributed by atoms with Crippen LogP contribution in [0.5, 0.6) is 0 Å². The lowest BCUT2D eigenvalue weighted by atomic mass is 9.98. The van der Waals surface area contributed by atoms with Gasteiger partial charge in [-0.1, -0.05) is 49.4 Å². The van der Waals surface area contributed by atoms with E-state index in [0.29, 0.717) is 0 Å².